The second kappa shape index (κ2) is 11.5. The van der Waals surface area contributed by atoms with Crippen LogP contribution in [0.2, 0.25) is 0 Å². The highest BCUT2D eigenvalue weighted by atomic mass is 16.5. The lowest BCUT2D eigenvalue weighted by atomic mass is 9.83. The molecule has 0 radical (unpaired) electrons. The Morgan fingerprint density at radius 1 is 0.917 bits per heavy atom. The second-order valence-electron chi connectivity index (χ2n) is 10.6. The van der Waals surface area contributed by atoms with E-state index in [4.69, 9.17) is 4.74 Å². The van der Waals surface area contributed by atoms with Crippen molar-refractivity contribution in [2.75, 3.05) is 38.2 Å². The van der Waals surface area contributed by atoms with E-state index in [1.54, 1.807) is 0 Å². The average molecular weight is 490 g/mol. The zero-order chi connectivity index (χ0) is 24.9. The number of ether oxygens (including phenoxy) is 1. The topological polar surface area (TPSA) is 53.1 Å². The molecule has 0 aromatic heterocycles. The van der Waals surface area contributed by atoms with Crippen LogP contribution in [0.4, 0.5) is 10.5 Å². The predicted molar refractivity (Wildman–Crippen MR) is 142 cm³/mol. The van der Waals surface area contributed by atoms with Crippen molar-refractivity contribution in [3.05, 3.63) is 65.2 Å². The first-order valence-corrected chi connectivity index (χ1v) is 13.6. The third-order valence-corrected chi connectivity index (χ3v) is 8.43. The summed E-state index contributed by atoms with van der Waals surface area (Å²) in [5.41, 5.74) is 5.22. The summed E-state index contributed by atoms with van der Waals surface area (Å²) in [5.74, 6) is 0.451. The Balaban J connectivity index is 1.16. The number of nitrogens with zero attached hydrogens (tertiary/aromatic N) is 3. The smallest absolute Gasteiger partial charge is 0.324 e. The summed E-state index contributed by atoms with van der Waals surface area (Å²) < 4.78 is 4.78. The van der Waals surface area contributed by atoms with Gasteiger partial charge in [-0.25, -0.2) is 4.79 Å². The maximum atomic E-state index is 13.4. The molecule has 2 aromatic carbocycles. The van der Waals surface area contributed by atoms with Gasteiger partial charge in [0.2, 0.25) is 0 Å². The highest BCUT2D eigenvalue weighted by molar-refractivity contribution is 5.94. The molecule has 0 atom stereocenters. The van der Waals surface area contributed by atoms with Gasteiger partial charge in [0.25, 0.3) is 0 Å². The lowest BCUT2D eigenvalue weighted by molar-refractivity contribution is -0.141. The summed E-state index contributed by atoms with van der Waals surface area (Å²) in [4.78, 5) is 31.5. The second-order valence-corrected chi connectivity index (χ2v) is 10.6. The maximum Gasteiger partial charge on any atom is 0.324 e. The first kappa shape index (κ1) is 24.8. The van der Waals surface area contributed by atoms with Gasteiger partial charge in [0.1, 0.15) is 0 Å². The minimum Gasteiger partial charge on any atom is -0.469 e. The molecule has 0 unspecified atom stereocenters. The van der Waals surface area contributed by atoms with E-state index in [1.165, 1.54) is 23.8 Å². The normalized spacial score (nSPS) is 22.9. The standard InChI is InChI=1S/C30H39N3O3/c1-36-29(34)14-9-23-7-11-27(12-8-23)32-19-20-33(30(32)35)28-13-10-25-15-17-31(18-16-26(25)21-28)22-24-5-3-2-4-6-24/h2-6,10,13,21,23,27H,7-9,11-12,14-20,22H2,1H3. The van der Waals surface area contributed by atoms with Crippen LogP contribution in [0.25, 0.3) is 0 Å². The van der Waals surface area contributed by atoms with Crippen molar-refractivity contribution in [1.82, 2.24) is 9.80 Å². The van der Waals surface area contributed by atoms with Crippen molar-refractivity contribution in [1.29, 1.82) is 0 Å². The first-order chi connectivity index (χ1) is 17.6. The summed E-state index contributed by atoms with van der Waals surface area (Å²) in [6.07, 6.45) is 7.73. The molecule has 0 bridgehead atoms. The minimum absolute atomic E-state index is 0.118. The summed E-state index contributed by atoms with van der Waals surface area (Å²) in [5, 5.41) is 0. The molecule has 0 spiro atoms. The molecule has 3 aliphatic rings. The Morgan fingerprint density at radius 2 is 1.67 bits per heavy atom. The van der Waals surface area contributed by atoms with Crippen LogP contribution in [-0.4, -0.2) is 61.1 Å². The number of methoxy groups -OCH3 is 1. The molecule has 2 fully saturated rings. The van der Waals surface area contributed by atoms with E-state index in [-0.39, 0.29) is 12.0 Å². The van der Waals surface area contributed by atoms with E-state index < -0.39 is 0 Å². The van der Waals surface area contributed by atoms with Gasteiger partial charge in [-0.15, -0.1) is 0 Å². The molecule has 6 heteroatoms. The van der Waals surface area contributed by atoms with Gasteiger partial charge < -0.3 is 9.64 Å². The monoisotopic (exact) mass is 489 g/mol. The van der Waals surface area contributed by atoms with Gasteiger partial charge in [-0.1, -0.05) is 36.4 Å². The van der Waals surface area contributed by atoms with Crippen LogP contribution >= 0.6 is 0 Å². The van der Waals surface area contributed by atoms with Gasteiger partial charge in [0.15, 0.2) is 0 Å². The highest BCUT2D eigenvalue weighted by Crippen LogP contribution is 2.34. The lowest BCUT2D eigenvalue weighted by Gasteiger charge is -2.34. The minimum atomic E-state index is -0.118. The molecule has 36 heavy (non-hydrogen) atoms. The predicted octanol–water partition coefficient (Wildman–Crippen LogP) is 5.04. The summed E-state index contributed by atoms with van der Waals surface area (Å²) in [6, 6.07) is 17.9. The van der Waals surface area contributed by atoms with Gasteiger partial charge >= 0.3 is 12.0 Å². The molecule has 6 nitrogen and oxygen atoms in total. The molecule has 5 rings (SSSR count). The third-order valence-electron chi connectivity index (χ3n) is 8.43. The van der Waals surface area contributed by atoms with Crippen LogP contribution < -0.4 is 4.90 Å². The fourth-order valence-electron chi connectivity index (χ4n) is 6.23. The number of urea groups is 1. The molecule has 1 saturated heterocycles. The Kier molecular flexibility index (Phi) is 7.90. The van der Waals surface area contributed by atoms with E-state index in [9.17, 15) is 9.59 Å². The molecule has 0 N–H and O–H groups in total. The van der Waals surface area contributed by atoms with Crippen LogP contribution in [0, 0.1) is 5.92 Å². The zero-order valence-electron chi connectivity index (χ0n) is 21.5. The number of carbonyl (C=O) groups is 2. The molecule has 192 valence electrons. The van der Waals surface area contributed by atoms with Gasteiger partial charge in [0, 0.05) is 50.9 Å². The molecule has 2 amide bonds. The number of esters is 1. The van der Waals surface area contributed by atoms with Crippen molar-refractivity contribution in [2.45, 2.75) is 64.0 Å². The van der Waals surface area contributed by atoms with Gasteiger partial charge in [-0.2, -0.15) is 0 Å². The first-order valence-electron chi connectivity index (χ1n) is 13.6. The van der Waals surface area contributed by atoms with E-state index in [0.29, 0.717) is 18.4 Å². The van der Waals surface area contributed by atoms with Crippen LogP contribution in [0.15, 0.2) is 48.5 Å². The van der Waals surface area contributed by atoms with E-state index in [0.717, 1.165) is 83.4 Å². The van der Waals surface area contributed by atoms with Crippen LogP contribution in [-0.2, 0) is 28.9 Å². The van der Waals surface area contributed by atoms with Gasteiger partial charge in [-0.05, 0) is 79.7 Å². The Bertz CT molecular complexity index is 1050. The van der Waals surface area contributed by atoms with Crippen LogP contribution in [0.5, 0.6) is 0 Å². The number of hydrogen-bond acceptors (Lipinski definition) is 4. The van der Waals surface area contributed by atoms with Gasteiger partial charge in [-0.3, -0.25) is 14.6 Å². The summed E-state index contributed by atoms with van der Waals surface area (Å²) in [7, 11) is 1.45. The maximum absolute atomic E-state index is 13.4. The SMILES string of the molecule is COC(=O)CCC1CCC(N2CCN(c3ccc4c(c3)CCN(Cc3ccccc3)CC4)C2=O)CC1. The van der Waals surface area contributed by atoms with Crippen molar-refractivity contribution in [3.8, 4) is 0 Å². The largest absolute Gasteiger partial charge is 0.469 e. The van der Waals surface area contributed by atoms with Crippen LogP contribution in [0.3, 0.4) is 0 Å². The molecule has 1 saturated carbocycles. The van der Waals surface area contributed by atoms with Crippen molar-refractivity contribution in [3.63, 3.8) is 0 Å². The van der Waals surface area contributed by atoms with E-state index in [1.807, 2.05) is 4.90 Å². The number of fused-ring (bicyclic) bond motifs is 1. The number of anilines is 1. The fourth-order valence-corrected chi connectivity index (χ4v) is 6.23. The quantitative estimate of drug-likeness (QED) is 0.511. The van der Waals surface area contributed by atoms with Crippen molar-refractivity contribution >= 4 is 17.7 Å². The molecular weight excluding hydrogens is 450 g/mol. The number of carbonyl (C=O) groups excluding carboxylic acids is 2. The molecule has 2 heterocycles. The molecule has 2 aliphatic heterocycles. The fraction of sp³-hybridized carbons (Fsp3) is 0.533. The summed E-state index contributed by atoms with van der Waals surface area (Å²) >= 11 is 0. The van der Waals surface area contributed by atoms with Crippen molar-refractivity contribution < 1.29 is 14.3 Å². The Hall–Kier alpha value is -2.86. The van der Waals surface area contributed by atoms with Gasteiger partial charge in [0.05, 0.1) is 7.11 Å². The Morgan fingerprint density at radius 3 is 2.42 bits per heavy atom. The van der Waals surface area contributed by atoms with Crippen molar-refractivity contribution in [2.24, 2.45) is 5.92 Å². The highest BCUT2D eigenvalue weighted by Gasteiger charge is 2.36. The molecule has 2 aromatic rings. The van der Waals surface area contributed by atoms with E-state index >= 15 is 0 Å². The Labute approximate surface area is 215 Å². The number of rotatable bonds is 7. The molecular formula is C30H39N3O3. The molecule has 1 aliphatic carbocycles. The number of hydrogen-bond donors (Lipinski definition) is 0. The lowest BCUT2D eigenvalue weighted by Crippen LogP contribution is -2.41. The van der Waals surface area contributed by atoms with Crippen LogP contribution in [0.1, 0.15) is 55.2 Å². The van der Waals surface area contributed by atoms with E-state index in [2.05, 4.69) is 58.3 Å². The number of benzene rings is 2. The summed E-state index contributed by atoms with van der Waals surface area (Å²) in [6.45, 7) is 4.68. The number of amides is 2. The zero-order valence-corrected chi connectivity index (χ0v) is 21.5. The third kappa shape index (κ3) is 5.75. The average Bonchev–Trinajstić information content (AvgIpc) is 3.19.